The predicted octanol–water partition coefficient (Wildman–Crippen LogP) is 5.17. The molecule has 10 heteroatoms. The molecule has 1 fully saturated rings. The molecule has 3 aromatic heterocycles. The van der Waals surface area contributed by atoms with Crippen LogP contribution < -0.4 is 20.3 Å². The summed E-state index contributed by atoms with van der Waals surface area (Å²) in [5, 5.41) is 19.5. The molecule has 1 aliphatic rings. The molecule has 0 amide bonds. The van der Waals surface area contributed by atoms with E-state index in [1.807, 2.05) is 36.5 Å². The van der Waals surface area contributed by atoms with E-state index in [1.54, 1.807) is 13.3 Å². The number of H-pyrrole nitrogens is 2. The highest BCUT2D eigenvalue weighted by atomic mass is 16.5. The van der Waals surface area contributed by atoms with Crippen LogP contribution in [0.2, 0.25) is 0 Å². The lowest BCUT2D eigenvalue weighted by atomic mass is 10.2. The molecule has 5 N–H and O–H groups in total. The fourth-order valence-corrected chi connectivity index (χ4v) is 5.09. The van der Waals surface area contributed by atoms with Crippen LogP contribution in [0, 0.1) is 0 Å². The Kier molecular flexibility index (Phi) is 6.16. The Bertz CT molecular complexity index is 1580. The number of hydrogen-bond acceptors (Lipinski definition) is 8. The van der Waals surface area contributed by atoms with Crippen molar-refractivity contribution >= 4 is 50.6 Å². The van der Waals surface area contributed by atoms with Crippen molar-refractivity contribution in [2.24, 2.45) is 0 Å². The van der Waals surface area contributed by atoms with E-state index in [2.05, 4.69) is 61.4 Å². The van der Waals surface area contributed by atoms with Gasteiger partial charge in [0.05, 0.1) is 29.3 Å². The second-order valence-corrected chi connectivity index (χ2v) is 9.79. The van der Waals surface area contributed by atoms with Crippen LogP contribution in [-0.4, -0.2) is 69.3 Å². The van der Waals surface area contributed by atoms with E-state index >= 15 is 0 Å². The summed E-state index contributed by atoms with van der Waals surface area (Å²) in [4.78, 5) is 20.4. The zero-order valence-electron chi connectivity index (χ0n) is 21.7. The molecule has 0 aliphatic carbocycles. The number of aromatic amines is 2. The lowest BCUT2D eigenvalue weighted by Gasteiger charge is -2.38. The van der Waals surface area contributed by atoms with Crippen LogP contribution in [0.5, 0.6) is 11.6 Å². The standard InChI is InChI=1S/C28H32N8O2/c1-17(2)35-11-13-36(14-12-35)19-7-8-21(23(15-19)38-3)32-28-33-25-20(9-10-29-25)26(34-28)31-22-6-4-5-18-16-30-27(37)24(18)22/h4-10,15-17,30,37H,11-14H2,1-3H3,(H3,29,31,32,33,34). The fourth-order valence-electron chi connectivity index (χ4n) is 5.09. The van der Waals surface area contributed by atoms with Crippen LogP contribution in [0.4, 0.5) is 28.8 Å². The molecule has 2 aromatic carbocycles. The second-order valence-electron chi connectivity index (χ2n) is 9.79. The van der Waals surface area contributed by atoms with Crippen LogP contribution in [0.15, 0.2) is 54.9 Å². The Labute approximate surface area is 220 Å². The van der Waals surface area contributed by atoms with Crippen molar-refractivity contribution in [3.63, 3.8) is 0 Å². The maximum Gasteiger partial charge on any atom is 0.231 e. The Hall–Kier alpha value is -4.44. The molecular weight excluding hydrogens is 480 g/mol. The molecule has 0 saturated carbocycles. The smallest absolute Gasteiger partial charge is 0.231 e. The minimum Gasteiger partial charge on any atom is -0.494 e. The van der Waals surface area contributed by atoms with E-state index < -0.39 is 0 Å². The first-order valence-electron chi connectivity index (χ1n) is 12.9. The monoisotopic (exact) mass is 512 g/mol. The number of ether oxygens (including phenoxy) is 1. The Morgan fingerprint density at radius 2 is 1.82 bits per heavy atom. The number of nitrogens with zero attached hydrogens (tertiary/aromatic N) is 4. The fraction of sp³-hybridized carbons (Fsp3) is 0.286. The highest BCUT2D eigenvalue weighted by Gasteiger charge is 2.20. The highest BCUT2D eigenvalue weighted by molar-refractivity contribution is 6.01. The third kappa shape index (κ3) is 4.43. The van der Waals surface area contributed by atoms with Gasteiger partial charge in [0.1, 0.15) is 17.2 Å². The van der Waals surface area contributed by atoms with Crippen LogP contribution >= 0.6 is 0 Å². The van der Waals surface area contributed by atoms with Crippen LogP contribution in [0.1, 0.15) is 13.8 Å². The molecule has 10 nitrogen and oxygen atoms in total. The number of rotatable bonds is 7. The van der Waals surface area contributed by atoms with Crippen LogP contribution in [0.3, 0.4) is 0 Å². The highest BCUT2D eigenvalue weighted by Crippen LogP contribution is 2.36. The predicted molar refractivity (Wildman–Crippen MR) is 152 cm³/mol. The average Bonchev–Trinajstić information content (AvgIpc) is 3.56. The van der Waals surface area contributed by atoms with Crippen LogP contribution in [0.25, 0.3) is 21.8 Å². The van der Waals surface area contributed by atoms with Crippen molar-refractivity contribution in [2.45, 2.75) is 19.9 Å². The number of fused-ring (bicyclic) bond motifs is 2. The van der Waals surface area contributed by atoms with Gasteiger partial charge in [0.15, 0.2) is 5.88 Å². The SMILES string of the molecule is COc1cc(N2CCN(C(C)C)CC2)ccc1Nc1nc(Nc2cccc3c[nH]c(O)c23)c2cc[nH]c2n1. The minimum absolute atomic E-state index is 0.108. The maximum absolute atomic E-state index is 10.3. The van der Waals surface area contributed by atoms with Gasteiger partial charge >= 0.3 is 0 Å². The van der Waals surface area contributed by atoms with Gasteiger partial charge in [0, 0.05) is 61.8 Å². The molecule has 4 heterocycles. The van der Waals surface area contributed by atoms with E-state index in [4.69, 9.17) is 9.72 Å². The first kappa shape index (κ1) is 23.9. The third-order valence-electron chi connectivity index (χ3n) is 7.21. The molecule has 0 atom stereocenters. The van der Waals surface area contributed by atoms with Gasteiger partial charge in [0.25, 0.3) is 0 Å². The quantitative estimate of drug-likeness (QED) is 0.203. The van der Waals surface area contributed by atoms with Gasteiger partial charge in [-0.15, -0.1) is 0 Å². The summed E-state index contributed by atoms with van der Waals surface area (Å²) in [6.07, 6.45) is 3.60. The summed E-state index contributed by atoms with van der Waals surface area (Å²) in [5.74, 6) is 1.87. The van der Waals surface area contributed by atoms with E-state index in [0.717, 1.165) is 59.8 Å². The second kappa shape index (κ2) is 9.79. The zero-order valence-corrected chi connectivity index (χ0v) is 21.7. The number of anilines is 5. The molecule has 0 bridgehead atoms. The number of hydrogen-bond donors (Lipinski definition) is 5. The molecule has 38 heavy (non-hydrogen) atoms. The zero-order chi connectivity index (χ0) is 26.2. The minimum atomic E-state index is 0.108. The number of nitrogens with one attached hydrogen (secondary N) is 4. The number of piperazine rings is 1. The molecule has 0 unspecified atom stereocenters. The van der Waals surface area contributed by atoms with Gasteiger partial charge in [-0.25, -0.2) is 0 Å². The van der Waals surface area contributed by atoms with E-state index in [1.165, 1.54) is 0 Å². The van der Waals surface area contributed by atoms with Gasteiger partial charge in [-0.2, -0.15) is 9.97 Å². The average molecular weight is 513 g/mol. The lowest BCUT2D eigenvalue weighted by Crippen LogP contribution is -2.48. The molecule has 196 valence electrons. The Balaban J connectivity index is 1.28. The largest absolute Gasteiger partial charge is 0.494 e. The number of aromatic hydroxyl groups is 1. The summed E-state index contributed by atoms with van der Waals surface area (Å²) < 4.78 is 5.75. The Morgan fingerprint density at radius 3 is 2.61 bits per heavy atom. The summed E-state index contributed by atoms with van der Waals surface area (Å²) >= 11 is 0. The van der Waals surface area contributed by atoms with Crippen molar-refractivity contribution in [1.29, 1.82) is 0 Å². The molecule has 0 spiro atoms. The van der Waals surface area contributed by atoms with Crippen molar-refractivity contribution in [1.82, 2.24) is 24.8 Å². The molecule has 5 aromatic rings. The normalized spacial score (nSPS) is 14.5. The van der Waals surface area contributed by atoms with Crippen molar-refractivity contribution in [2.75, 3.05) is 48.8 Å². The van der Waals surface area contributed by atoms with Gasteiger partial charge in [-0.3, -0.25) is 4.90 Å². The summed E-state index contributed by atoms with van der Waals surface area (Å²) in [7, 11) is 1.67. The summed E-state index contributed by atoms with van der Waals surface area (Å²) in [6.45, 7) is 8.56. The molecule has 1 aliphatic heterocycles. The van der Waals surface area contributed by atoms with Gasteiger partial charge in [-0.05, 0) is 38.1 Å². The van der Waals surface area contributed by atoms with Crippen molar-refractivity contribution in [3.8, 4) is 11.6 Å². The van der Waals surface area contributed by atoms with Crippen LogP contribution in [-0.2, 0) is 0 Å². The van der Waals surface area contributed by atoms with Gasteiger partial charge < -0.3 is 35.3 Å². The van der Waals surface area contributed by atoms with Crippen molar-refractivity contribution in [3.05, 3.63) is 54.9 Å². The van der Waals surface area contributed by atoms with E-state index in [-0.39, 0.29) is 5.88 Å². The molecule has 0 radical (unpaired) electrons. The molecular formula is C28H32N8O2. The molecule has 6 rings (SSSR count). The topological polar surface area (TPSA) is 117 Å². The number of methoxy groups -OCH3 is 1. The maximum atomic E-state index is 10.3. The third-order valence-corrected chi connectivity index (χ3v) is 7.21. The summed E-state index contributed by atoms with van der Waals surface area (Å²) in [5.41, 5.74) is 3.35. The first-order valence-corrected chi connectivity index (χ1v) is 12.9. The molecule has 1 saturated heterocycles. The Morgan fingerprint density at radius 1 is 0.974 bits per heavy atom. The lowest BCUT2D eigenvalue weighted by molar-refractivity contribution is 0.209. The number of benzene rings is 2. The van der Waals surface area contributed by atoms with Gasteiger partial charge in [0.2, 0.25) is 5.95 Å². The van der Waals surface area contributed by atoms with E-state index in [0.29, 0.717) is 28.8 Å². The van der Waals surface area contributed by atoms with E-state index in [9.17, 15) is 5.11 Å². The number of aromatic nitrogens is 4. The van der Waals surface area contributed by atoms with Gasteiger partial charge in [-0.1, -0.05) is 12.1 Å². The van der Waals surface area contributed by atoms with Crippen molar-refractivity contribution < 1.29 is 9.84 Å². The summed E-state index contributed by atoms with van der Waals surface area (Å²) in [6, 6.07) is 14.5. The first-order chi connectivity index (χ1) is 18.5.